The fourth-order valence-corrected chi connectivity index (χ4v) is 2.89. The summed E-state index contributed by atoms with van der Waals surface area (Å²) < 4.78 is 1.01. The number of thiazole rings is 1. The number of hydrogen-bond donors (Lipinski definition) is 1. The molecule has 2 amide bonds. The number of carbonyl (C=O) groups is 1. The Labute approximate surface area is 102 Å². The third kappa shape index (κ3) is 1.57. The van der Waals surface area contributed by atoms with Crippen LogP contribution < -0.4 is 4.90 Å². The lowest BCUT2D eigenvalue weighted by Gasteiger charge is -2.14. The Hall–Kier alpha value is -1.66. The molecule has 1 aromatic carbocycles. The molecular weight excluding hydrogens is 238 g/mol. The number of benzene rings is 1. The van der Waals surface area contributed by atoms with Crippen LogP contribution in [0.5, 0.6) is 0 Å². The molecule has 1 unspecified atom stereocenters. The standard InChI is InChI=1S/C11H11N3O2S/c1-13-6-9(15)14(11(13)16)10-12-7-4-2-3-5-8(7)17-10/h2-5,9,15H,6H2,1H3. The van der Waals surface area contributed by atoms with E-state index in [1.165, 1.54) is 21.1 Å². The van der Waals surface area contributed by atoms with E-state index in [9.17, 15) is 9.90 Å². The summed E-state index contributed by atoms with van der Waals surface area (Å²) in [4.78, 5) is 19.0. The van der Waals surface area contributed by atoms with Crippen molar-refractivity contribution in [2.24, 2.45) is 0 Å². The second kappa shape index (κ2) is 3.68. The van der Waals surface area contributed by atoms with Crippen molar-refractivity contribution >= 4 is 32.7 Å². The molecule has 1 fully saturated rings. The molecule has 88 valence electrons. The van der Waals surface area contributed by atoms with Crippen molar-refractivity contribution in [3.05, 3.63) is 24.3 Å². The zero-order valence-electron chi connectivity index (χ0n) is 9.20. The molecular formula is C11H11N3O2S. The molecule has 0 bridgehead atoms. The van der Waals surface area contributed by atoms with Gasteiger partial charge in [0.2, 0.25) is 0 Å². The number of para-hydroxylation sites is 1. The van der Waals surface area contributed by atoms with Gasteiger partial charge in [-0.15, -0.1) is 0 Å². The maximum atomic E-state index is 11.9. The molecule has 0 saturated carbocycles. The smallest absolute Gasteiger partial charge is 0.328 e. The van der Waals surface area contributed by atoms with Crippen molar-refractivity contribution in [2.45, 2.75) is 6.23 Å². The fraction of sp³-hybridized carbons (Fsp3) is 0.273. The molecule has 0 spiro atoms. The summed E-state index contributed by atoms with van der Waals surface area (Å²) >= 11 is 1.41. The largest absolute Gasteiger partial charge is 0.371 e. The fourth-order valence-electron chi connectivity index (χ4n) is 1.89. The van der Waals surface area contributed by atoms with Gasteiger partial charge in [-0.1, -0.05) is 23.5 Å². The van der Waals surface area contributed by atoms with Crippen molar-refractivity contribution in [3.63, 3.8) is 0 Å². The van der Waals surface area contributed by atoms with Crippen LogP contribution in [0.1, 0.15) is 0 Å². The van der Waals surface area contributed by atoms with E-state index in [0.29, 0.717) is 11.7 Å². The van der Waals surface area contributed by atoms with Gasteiger partial charge in [-0.2, -0.15) is 0 Å². The molecule has 1 aliphatic rings. The van der Waals surface area contributed by atoms with Crippen LogP contribution in [0.25, 0.3) is 10.2 Å². The van der Waals surface area contributed by atoms with Crippen LogP contribution in [0.2, 0.25) is 0 Å². The highest BCUT2D eigenvalue weighted by Crippen LogP contribution is 2.31. The van der Waals surface area contributed by atoms with Gasteiger partial charge < -0.3 is 10.0 Å². The van der Waals surface area contributed by atoms with Gasteiger partial charge in [-0.25, -0.2) is 14.7 Å². The first kappa shape index (κ1) is 10.5. The molecule has 1 atom stereocenters. The molecule has 1 saturated heterocycles. The number of anilines is 1. The monoisotopic (exact) mass is 249 g/mol. The first-order valence-corrected chi connectivity index (χ1v) is 6.06. The van der Waals surface area contributed by atoms with Crippen molar-refractivity contribution < 1.29 is 9.90 Å². The summed E-state index contributed by atoms with van der Waals surface area (Å²) in [5, 5.41) is 10.4. The molecule has 5 nitrogen and oxygen atoms in total. The molecule has 0 radical (unpaired) electrons. The van der Waals surface area contributed by atoms with Gasteiger partial charge in [0.1, 0.15) is 0 Å². The SMILES string of the molecule is CN1CC(O)N(c2nc3ccccc3s2)C1=O. The van der Waals surface area contributed by atoms with Crippen molar-refractivity contribution in [1.82, 2.24) is 9.88 Å². The van der Waals surface area contributed by atoms with E-state index in [1.54, 1.807) is 7.05 Å². The van der Waals surface area contributed by atoms with E-state index in [1.807, 2.05) is 24.3 Å². The van der Waals surface area contributed by atoms with Crippen molar-refractivity contribution in [1.29, 1.82) is 0 Å². The average Bonchev–Trinajstić information content (AvgIpc) is 2.81. The number of amides is 2. The number of aliphatic hydroxyl groups is 1. The molecule has 2 heterocycles. The summed E-state index contributed by atoms with van der Waals surface area (Å²) in [5.41, 5.74) is 0.849. The van der Waals surface area contributed by atoms with E-state index < -0.39 is 6.23 Å². The van der Waals surface area contributed by atoms with Crippen LogP contribution in [-0.2, 0) is 0 Å². The summed E-state index contributed by atoms with van der Waals surface area (Å²) in [6.07, 6.45) is -0.812. The van der Waals surface area contributed by atoms with E-state index in [2.05, 4.69) is 4.98 Å². The summed E-state index contributed by atoms with van der Waals surface area (Å²) in [6, 6.07) is 7.47. The highest BCUT2D eigenvalue weighted by Gasteiger charge is 2.36. The van der Waals surface area contributed by atoms with E-state index in [0.717, 1.165) is 10.2 Å². The van der Waals surface area contributed by atoms with Crippen LogP contribution >= 0.6 is 11.3 Å². The number of rotatable bonds is 1. The quantitative estimate of drug-likeness (QED) is 0.833. The lowest BCUT2D eigenvalue weighted by molar-refractivity contribution is 0.183. The summed E-state index contributed by atoms with van der Waals surface area (Å²) in [6.45, 7) is 0.314. The van der Waals surface area contributed by atoms with Gasteiger partial charge in [0.25, 0.3) is 0 Å². The topological polar surface area (TPSA) is 56.7 Å². The number of fused-ring (bicyclic) bond motifs is 1. The molecule has 1 aromatic heterocycles. The number of urea groups is 1. The number of nitrogens with zero attached hydrogens (tertiary/aromatic N) is 3. The number of aromatic nitrogens is 1. The minimum absolute atomic E-state index is 0.212. The van der Waals surface area contributed by atoms with Gasteiger partial charge >= 0.3 is 6.03 Å². The van der Waals surface area contributed by atoms with Crippen LogP contribution in [0.3, 0.4) is 0 Å². The molecule has 6 heteroatoms. The van der Waals surface area contributed by atoms with Gasteiger partial charge in [0.05, 0.1) is 16.8 Å². The second-order valence-electron chi connectivity index (χ2n) is 3.98. The van der Waals surface area contributed by atoms with Crippen LogP contribution in [0, 0.1) is 0 Å². The molecule has 1 N–H and O–H groups in total. The third-order valence-corrected chi connectivity index (χ3v) is 3.79. The highest BCUT2D eigenvalue weighted by molar-refractivity contribution is 7.22. The summed E-state index contributed by atoms with van der Waals surface area (Å²) in [7, 11) is 1.67. The Bertz CT molecular complexity index is 550. The lowest BCUT2D eigenvalue weighted by atomic mass is 10.3. The second-order valence-corrected chi connectivity index (χ2v) is 4.99. The van der Waals surface area contributed by atoms with Gasteiger partial charge in [0, 0.05) is 7.05 Å². The Morgan fingerprint density at radius 2 is 2.24 bits per heavy atom. The molecule has 0 aliphatic carbocycles. The molecule has 3 rings (SSSR count). The number of aliphatic hydroxyl groups excluding tert-OH is 1. The van der Waals surface area contributed by atoms with Crippen molar-refractivity contribution in [3.8, 4) is 0 Å². The highest BCUT2D eigenvalue weighted by atomic mass is 32.1. The first-order valence-electron chi connectivity index (χ1n) is 5.25. The summed E-state index contributed by atoms with van der Waals surface area (Å²) in [5.74, 6) is 0. The Kier molecular flexibility index (Phi) is 2.27. The first-order chi connectivity index (χ1) is 8.16. The number of β-amino-alcohol motifs (C(OH)–C–C–N with tert-alkyl or cyclic N) is 1. The predicted octanol–water partition coefficient (Wildman–Crippen LogP) is 1.49. The zero-order valence-corrected chi connectivity index (χ0v) is 10.0. The van der Waals surface area contributed by atoms with Gasteiger partial charge in [-0.05, 0) is 12.1 Å². The molecule has 17 heavy (non-hydrogen) atoms. The van der Waals surface area contributed by atoms with E-state index >= 15 is 0 Å². The van der Waals surface area contributed by atoms with Crippen molar-refractivity contribution in [2.75, 3.05) is 18.5 Å². The van der Waals surface area contributed by atoms with Gasteiger partial charge in [-0.3, -0.25) is 0 Å². The number of likely N-dealkylation sites (N-methyl/N-ethyl adjacent to an activating group) is 1. The number of hydrogen-bond acceptors (Lipinski definition) is 4. The zero-order chi connectivity index (χ0) is 12.0. The number of carbonyl (C=O) groups excluding carboxylic acids is 1. The minimum Gasteiger partial charge on any atom is -0.371 e. The van der Waals surface area contributed by atoms with E-state index in [-0.39, 0.29) is 6.03 Å². The normalized spacial score (nSPS) is 20.6. The van der Waals surface area contributed by atoms with Crippen LogP contribution in [0.4, 0.5) is 9.93 Å². The lowest BCUT2D eigenvalue weighted by Crippen LogP contribution is -2.34. The Morgan fingerprint density at radius 1 is 1.47 bits per heavy atom. The van der Waals surface area contributed by atoms with Gasteiger partial charge in [0.15, 0.2) is 11.4 Å². The molecule has 2 aromatic rings. The van der Waals surface area contributed by atoms with Crippen LogP contribution in [0.15, 0.2) is 24.3 Å². The Morgan fingerprint density at radius 3 is 2.88 bits per heavy atom. The predicted molar refractivity (Wildman–Crippen MR) is 66.1 cm³/mol. The molecule has 1 aliphatic heterocycles. The minimum atomic E-state index is -0.812. The maximum absolute atomic E-state index is 11.9. The van der Waals surface area contributed by atoms with E-state index in [4.69, 9.17) is 0 Å². The van der Waals surface area contributed by atoms with Crippen LogP contribution in [-0.4, -0.2) is 40.8 Å². The third-order valence-electron chi connectivity index (χ3n) is 2.76. The Balaban J connectivity index is 2.06. The average molecular weight is 249 g/mol. The maximum Gasteiger partial charge on any atom is 0.328 e.